The van der Waals surface area contributed by atoms with E-state index in [4.69, 9.17) is 0 Å². The molecule has 4 aliphatic rings. The Morgan fingerprint density at radius 1 is 0.971 bits per heavy atom. The number of nitrogens with one attached hydrogen (secondary N) is 1. The molecule has 6 nitrogen and oxygen atoms in total. The van der Waals surface area contributed by atoms with Gasteiger partial charge in [-0.2, -0.15) is 13.2 Å². The number of amides is 2. The molecular formula is C26H32F3N3O3. The van der Waals surface area contributed by atoms with Crippen molar-refractivity contribution in [3.05, 3.63) is 34.9 Å². The van der Waals surface area contributed by atoms with E-state index in [1.807, 2.05) is 12.1 Å². The van der Waals surface area contributed by atoms with Crippen LogP contribution in [0.5, 0.6) is 0 Å². The van der Waals surface area contributed by atoms with Crippen molar-refractivity contribution in [1.29, 1.82) is 0 Å². The van der Waals surface area contributed by atoms with E-state index in [1.165, 1.54) is 10.5 Å². The number of likely N-dealkylation sites (tertiary alicyclic amines) is 1. The number of piperidine rings is 2. The lowest BCUT2D eigenvalue weighted by Gasteiger charge is -2.37. The molecule has 9 heteroatoms. The van der Waals surface area contributed by atoms with Gasteiger partial charge < -0.3 is 15.1 Å². The number of Topliss-reactive ketones (excluding diaryl/α,β-unsaturated/α-hetero) is 1. The van der Waals surface area contributed by atoms with Gasteiger partial charge in [0.05, 0.1) is 12.5 Å². The highest BCUT2D eigenvalue weighted by molar-refractivity contribution is 6.04. The first kappa shape index (κ1) is 24.3. The monoisotopic (exact) mass is 491 g/mol. The molecule has 0 bridgehead atoms. The Hall–Kier alpha value is -2.42. The summed E-state index contributed by atoms with van der Waals surface area (Å²) in [4.78, 5) is 40.9. The molecule has 35 heavy (non-hydrogen) atoms. The summed E-state index contributed by atoms with van der Waals surface area (Å²) in [5, 5.41) is 2.57. The van der Waals surface area contributed by atoms with Gasteiger partial charge in [-0.1, -0.05) is 12.1 Å². The number of hydrogen-bond donors (Lipinski definition) is 1. The van der Waals surface area contributed by atoms with Crippen molar-refractivity contribution < 1.29 is 27.6 Å². The quantitative estimate of drug-likeness (QED) is 0.698. The van der Waals surface area contributed by atoms with Crippen LogP contribution in [0.1, 0.15) is 72.3 Å². The third-order valence-electron chi connectivity index (χ3n) is 8.41. The minimum Gasteiger partial charge on any atom is -0.347 e. The van der Waals surface area contributed by atoms with Crippen LogP contribution in [0.3, 0.4) is 0 Å². The molecule has 1 saturated carbocycles. The van der Waals surface area contributed by atoms with Crippen LogP contribution in [-0.4, -0.2) is 65.8 Å². The fourth-order valence-corrected chi connectivity index (χ4v) is 6.29. The van der Waals surface area contributed by atoms with Crippen LogP contribution in [0, 0.1) is 11.8 Å². The molecule has 0 aromatic heterocycles. The fraction of sp³-hybridized carbons (Fsp3) is 0.654. The molecule has 1 unspecified atom stereocenters. The van der Waals surface area contributed by atoms with Gasteiger partial charge in [0.2, 0.25) is 5.91 Å². The molecule has 2 amide bonds. The molecule has 1 atom stereocenters. The van der Waals surface area contributed by atoms with Crippen molar-refractivity contribution in [3.63, 3.8) is 0 Å². The highest BCUT2D eigenvalue weighted by Gasteiger charge is 2.42. The lowest BCUT2D eigenvalue weighted by Crippen LogP contribution is -2.53. The molecule has 3 heterocycles. The first-order valence-corrected chi connectivity index (χ1v) is 12.7. The van der Waals surface area contributed by atoms with Crippen molar-refractivity contribution in [3.8, 4) is 0 Å². The first-order chi connectivity index (χ1) is 16.7. The van der Waals surface area contributed by atoms with E-state index in [2.05, 4.69) is 16.3 Å². The highest BCUT2D eigenvalue weighted by atomic mass is 19.4. The number of nitrogens with zero attached hydrogens (tertiary/aromatic N) is 2. The lowest BCUT2D eigenvalue weighted by atomic mass is 9.81. The second kappa shape index (κ2) is 9.56. The van der Waals surface area contributed by atoms with E-state index in [0.717, 1.165) is 38.0 Å². The van der Waals surface area contributed by atoms with E-state index < -0.39 is 18.1 Å². The summed E-state index contributed by atoms with van der Waals surface area (Å²) >= 11 is 0. The maximum absolute atomic E-state index is 12.9. The molecule has 190 valence electrons. The summed E-state index contributed by atoms with van der Waals surface area (Å²) in [5.41, 5.74) is 2.70. The number of benzene rings is 1. The highest BCUT2D eigenvalue weighted by Crippen LogP contribution is 2.40. The number of halogens is 3. The molecular weight excluding hydrogens is 459 g/mol. The van der Waals surface area contributed by atoms with Crippen LogP contribution in [0.25, 0.3) is 0 Å². The predicted molar refractivity (Wildman–Crippen MR) is 123 cm³/mol. The summed E-state index contributed by atoms with van der Waals surface area (Å²) in [6.07, 6.45) is -0.204. The van der Waals surface area contributed by atoms with E-state index in [0.29, 0.717) is 36.8 Å². The van der Waals surface area contributed by atoms with Crippen molar-refractivity contribution >= 4 is 17.6 Å². The third kappa shape index (κ3) is 5.10. The Kier molecular flexibility index (Phi) is 6.63. The second-order valence-electron chi connectivity index (χ2n) is 10.7. The Morgan fingerprint density at radius 2 is 1.69 bits per heavy atom. The predicted octanol–water partition coefficient (Wildman–Crippen LogP) is 3.65. The first-order valence-electron chi connectivity index (χ1n) is 12.7. The normalized spacial score (nSPS) is 28.8. The molecule has 0 radical (unpaired) electrons. The Bertz CT molecular complexity index is 995. The molecule has 1 aliphatic carbocycles. The third-order valence-corrected chi connectivity index (χ3v) is 8.41. The van der Waals surface area contributed by atoms with Gasteiger partial charge in [-0.05, 0) is 80.6 Å². The van der Waals surface area contributed by atoms with Gasteiger partial charge in [0.15, 0.2) is 5.78 Å². The van der Waals surface area contributed by atoms with E-state index in [9.17, 15) is 27.6 Å². The average molecular weight is 492 g/mol. The molecule has 2 saturated heterocycles. The standard InChI is InChI=1S/C26H32F3N3O3/c27-26(28,29)20-4-1-16(2-5-20)14-31-9-7-17(8-10-31)18-3-6-22-19(11-18)15-32(25(22)35)23-12-21(33)13-30-24(23)34/h3,6,11,16-17,20,23H,1-2,4-5,7-10,12-15H2,(H,30,34). The molecule has 0 spiro atoms. The zero-order valence-corrected chi connectivity index (χ0v) is 19.8. The lowest BCUT2D eigenvalue weighted by molar-refractivity contribution is -0.184. The van der Waals surface area contributed by atoms with Crippen molar-refractivity contribution in [2.75, 3.05) is 26.2 Å². The molecule has 3 fully saturated rings. The summed E-state index contributed by atoms with van der Waals surface area (Å²) in [6, 6.07) is 5.19. The number of ketones is 1. The van der Waals surface area contributed by atoms with Crippen LogP contribution in [0.4, 0.5) is 13.2 Å². The average Bonchev–Trinajstić information content (AvgIpc) is 3.16. The zero-order valence-electron chi connectivity index (χ0n) is 19.8. The maximum Gasteiger partial charge on any atom is 0.391 e. The molecule has 1 aromatic rings. The summed E-state index contributed by atoms with van der Waals surface area (Å²) < 4.78 is 38.8. The van der Waals surface area contributed by atoms with Crippen molar-refractivity contribution in [2.45, 2.75) is 69.6 Å². The maximum atomic E-state index is 12.9. The van der Waals surface area contributed by atoms with Gasteiger partial charge >= 0.3 is 6.18 Å². The van der Waals surface area contributed by atoms with Gasteiger partial charge in [-0.15, -0.1) is 0 Å². The van der Waals surface area contributed by atoms with Crippen LogP contribution >= 0.6 is 0 Å². The van der Waals surface area contributed by atoms with Gasteiger partial charge in [-0.3, -0.25) is 14.4 Å². The Morgan fingerprint density at radius 3 is 2.37 bits per heavy atom. The van der Waals surface area contributed by atoms with Crippen LogP contribution < -0.4 is 5.32 Å². The van der Waals surface area contributed by atoms with Gasteiger partial charge in [0.25, 0.3) is 5.91 Å². The molecule has 1 N–H and O–H groups in total. The summed E-state index contributed by atoms with van der Waals surface area (Å²) in [5.74, 6) is -0.937. The van der Waals surface area contributed by atoms with Crippen LogP contribution in [-0.2, 0) is 16.1 Å². The summed E-state index contributed by atoms with van der Waals surface area (Å²) in [7, 11) is 0. The number of carbonyl (C=O) groups is 3. The van der Waals surface area contributed by atoms with E-state index in [1.54, 1.807) is 0 Å². The molecule has 1 aromatic carbocycles. The second-order valence-corrected chi connectivity index (χ2v) is 10.7. The van der Waals surface area contributed by atoms with Crippen LogP contribution in [0.15, 0.2) is 18.2 Å². The van der Waals surface area contributed by atoms with Crippen molar-refractivity contribution in [2.24, 2.45) is 11.8 Å². The zero-order chi connectivity index (χ0) is 24.7. The number of hydrogen-bond acceptors (Lipinski definition) is 4. The van der Waals surface area contributed by atoms with Gasteiger partial charge in [0.1, 0.15) is 6.04 Å². The smallest absolute Gasteiger partial charge is 0.347 e. The number of carbonyl (C=O) groups excluding carboxylic acids is 3. The SMILES string of the molecule is O=C1CNC(=O)C(N2Cc3cc(C4CCN(CC5CCC(C(F)(F)F)CC5)CC4)ccc3C2=O)C1. The minimum atomic E-state index is -4.05. The van der Waals surface area contributed by atoms with Gasteiger partial charge in [-0.25, -0.2) is 0 Å². The van der Waals surface area contributed by atoms with Gasteiger partial charge in [0, 0.05) is 25.1 Å². The minimum absolute atomic E-state index is 0.0297. The Balaban J connectivity index is 1.15. The number of alkyl halides is 3. The molecule has 5 rings (SSSR count). The van der Waals surface area contributed by atoms with E-state index in [-0.39, 0.29) is 43.4 Å². The van der Waals surface area contributed by atoms with E-state index >= 15 is 0 Å². The number of fused-ring (bicyclic) bond motifs is 1. The topological polar surface area (TPSA) is 69.7 Å². The fourth-order valence-electron chi connectivity index (χ4n) is 6.29. The van der Waals surface area contributed by atoms with Crippen LogP contribution in [0.2, 0.25) is 0 Å². The number of rotatable bonds is 4. The van der Waals surface area contributed by atoms with Crippen molar-refractivity contribution in [1.82, 2.24) is 15.1 Å². The molecule has 3 aliphatic heterocycles. The largest absolute Gasteiger partial charge is 0.391 e. The summed E-state index contributed by atoms with van der Waals surface area (Å²) in [6.45, 7) is 3.11. The Labute approximate surface area is 203 Å².